The number of benzene rings is 1. The molecule has 2 N–H and O–H groups in total. The van der Waals surface area contributed by atoms with Gasteiger partial charge < -0.3 is 15.4 Å². The van der Waals surface area contributed by atoms with Crippen molar-refractivity contribution < 1.29 is 9.53 Å². The van der Waals surface area contributed by atoms with Gasteiger partial charge in [-0.05, 0) is 12.1 Å². The third-order valence-electron chi connectivity index (χ3n) is 3.12. The Bertz CT molecular complexity index is 422. The van der Waals surface area contributed by atoms with Crippen LogP contribution in [-0.4, -0.2) is 55.5 Å². The minimum Gasteiger partial charge on any atom is -0.490 e. The average Bonchev–Trinajstić information content (AvgIpc) is 2.36. The molecule has 1 fully saturated rings. The highest BCUT2D eigenvalue weighted by Crippen LogP contribution is 2.19. The van der Waals surface area contributed by atoms with Crippen LogP contribution in [0, 0.1) is 0 Å². The normalized spacial score (nSPS) is 16.9. The standard InChI is InChI=1S/C13H19N3O2/c1-15-6-7-16(10-13(15)17)8-9-18-12-5-3-2-4-11(12)14/h2-5H,6-10,14H2,1H3. The van der Waals surface area contributed by atoms with E-state index in [0.717, 1.165) is 19.6 Å². The smallest absolute Gasteiger partial charge is 0.236 e. The lowest BCUT2D eigenvalue weighted by Gasteiger charge is -2.31. The van der Waals surface area contributed by atoms with Gasteiger partial charge in [-0.25, -0.2) is 0 Å². The third kappa shape index (κ3) is 3.13. The zero-order valence-corrected chi connectivity index (χ0v) is 10.6. The van der Waals surface area contributed by atoms with Crippen molar-refractivity contribution in [3.05, 3.63) is 24.3 Å². The van der Waals surface area contributed by atoms with Gasteiger partial charge in [0.1, 0.15) is 12.4 Å². The number of carbonyl (C=O) groups is 1. The summed E-state index contributed by atoms with van der Waals surface area (Å²) in [5.41, 5.74) is 6.43. The number of likely N-dealkylation sites (N-methyl/N-ethyl adjacent to an activating group) is 1. The summed E-state index contributed by atoms with van der Waals surface area (Å²) in [6.07, 6.45) is 0. The van der Waals surface area contributed by atoms with Crippen molar-refractivity contribution in [3.63, 3.8) is 0 Å². The first-order valence-electron chi connectivity index (χ1n) is 6.10. The lowest BCUT2D eigenvalue weighted by Crippen LogP contribution is -2.49. The number of nitrogens with zero attached hydrogens (tertiary/aromatic N) is 2. The van der Waals surface area contributed by atoms with Crippen molar-refractivity contribution >= 4 is 11.6 Å². The van der Waals surface area contributed by atoms with Gasteiger partial charge in [0.25, 0.3) is 0 Å². The Morgan fingerprint density at radius 2 is 2.11 bits per heavy atom. The largest absolute Gasteiger partial charge is 0.490 e. The topological polar surface area (TPSA) is 58.8 Å². The highest BCUT2D eigenvalue weighted by atomic mass is 16.5. The molecule has 5 nitrogen and oxygen atoms in total. The SMILES string of the molecule is CN1CCN(CCOc2ccccc2N)CC1=O. The molecule has 0 unspecified atom stereocenters. The van der Waals surface area contributed by atoms with Gasteiger partial charge in [-0.2, -0.15) is 0 Å². The van der Waals surface area contributed by atoms with Crippen LogP contribution in [0.2, 0.25) is 0 Å². The second-order valence-electron chi connectivity index (χ2n) is 4.48. The lowest BCUT2D eigenvalue weighted by atomic mass is 10.3. The maximum atomic E-state index is 11.5. The highest BCUT2D eigenvalue weighted by molar-refractivity contribution is 5.78. The van der Waals surface area contributed by atoms with E-state index < -0.39 is 0 Å². The third-order valence-corrected chi connectivity index (χ3v) is 3.12. The summed E-state index contributed by atoms with van der Waals surface area (Å²) in [7, 11) is 1.83. The first kappa shape index (κ1) is 12.7. The number of para-hydroxylation sites is 2. The fourth-order valence-electron chi connectivity index (χ4n) is 1.89. The molecule has 98 valence electrons. The van der Waals surface area contributed by atoms with Crippen LogP contribution in [-0.2, 0) is 4.79 Å². The van der Waals surface area contributed by atoms with Gasteiger partial charge in [-0.15, -0.1) is 0 Å². The molecule has 1 aliphatic rings. The zero-order chi connectivity index (χ0) is 13.0. The molecule has 18 heavy (non-hydrogen) atoms. The monoisotopic (exact) mass is 249 g/mol. The maximum Gasteiger partial charge on any atom is 0.236 e. The summed E-state index contributed by atoms with van der Waals surface area (Å²) in [6.45, 7) is 3.45. The van der Waals surface area contributed by atoms with Gasteiger partial charge in [0, 0.05) is 26.7 Å². The van der Waals surface area contributed by atoms with Crippen LogP contribution in [0.15, 0.2) is 24.3 Å². The number of anilines is 1. The van der Waals surface area contributed by atoms with E-state index in [1.807, 2.05) is 31.3 Å². The molecule has 1 saturated heterocycles. The van der Waals surface area contributed by atoms with Crippen LogP contribution in [0.25, 0.3) is 0 Å². The summed E-state index contributed by atoms with van der Waals surface area (Å²) < 4.78 is 5.61. The molecule has 2 rings (SSSR count). The highest BCUT2D eigenvalue weighted by Gasteiger charge is 2.20. The van der Waals surface area contributed by atoms with Crippen molar-refractivity contribution in [3.8, 4) is 5.75 Å². The fraction of sp³-hybridized carbons (Fsp3) is 0.462. The summed E-state index contributed by atoms with van der Waals surface area (Å²) in [5.74, 6) is 0.874. The molecule has 1 aromatic rings. The number of piperazine rings is 1. The number of hydrogen-bond donors (Lipinski definition) is 1. The molecule has 5 heteroatoms. The Kier molecular flexibility index (Phi) is 4.04. The Morgan fingerprint density at radius 3 is 2.83 bits per heavy atom. The minimum atomic E-state index is 0.167. The van der Waals surface area contributed by atoms with Crippen molar-refractivity contribution in [1.29, 1.82) is 0 Å². The van der Waals surface area contributed by atoms with Crippen LogP contribution < -0.4 is 10.5 Å². The van der Waals surface area contributed by atoms with Gasteiger partial charge in [-0.1, -0.05) is 12.1 Å². The van der Waals surface area contributed by atoms with Gasteiger partial charge >= 0.3 is 0 Å². The number of ether oxygens (including phenoxy) is 1. The van der Waals surface area contributed by atoms with E-state index in [1.54, 1.807) is 4.90 Å². The van der Waals surface area contributed by atoms with Crippen LogP contribution >= 0.6 is 0 Å². The molecule has 1 aromatic carbocycles. The van der Waals surface area contributed by atoms with E-state index in [0.29, 0.717) is 24.6 Å². The second kappa shape index (κ2) is 5.73. The average molecular weight is 249 g/mol. The molecular formula is C13H19N3O2. The van der Waals surface area contributed by atoms with Crippen LogP contribution in [0.5, 0.6) is 5.75 Å². The zero-order valence-electron chi connectivity index (χ0n) is 10.6. The van der Waals surface area contributed by atoms with Gasteiger partial charge in [0.15, 0.2) is 0 Å². The number of carbonyl (C=O) groups excluding carboxylic acids is 1. The summed E-state index contributed by atoms with van der Waals surface area (Å²) in [6, 6.07) is 7.44. The van der Waals surface area contributed by atoms with E-state index in [9.17, 15) is 4.79 Å². The van der Waals surface area contributed by atoms with E-state index in [1.165, 1.54) is 0 Å². The van der Waals surface area contributed by atoms with Gasteiger partial charge in [0.2, 0.25) is 5.91 Å². The van der Waals surface area contributed by atoms with Crippen LogP contribution in [0.4, 0.5) is 5.69 Å². The molecule has 0 aromatic heterocycles. The summed E-state index contributed by atoms with van der Waals surface area (Å²) >= 11 is 0. The number of nitrogens with two attached hydrogens (primary N) is 1. The Balaban J connectivity index is 1.76. The van der Waals surface area contributed by atoms with Gasteiger partial charge in [0.05, 0.1) is 12.2 Å². The van der Waals surface area contributed by atoms with Crippen molar-refractivity contribution in [1.82, 2.24) is 9.80 Å². The molecule has 1 heterocycles. The molecular weight excluding hydrogens is 230 g/mol. The maximum absolute atomic E-state index is 11.5. The van der Waals surface area contributed by atoms with E-state index in [-0.39, 0.29) is 5.91 Å². The van der Waals surface area contributed by atoms with Crippen molar-refractivity contribution in [2.24, 2.45) is 0 Å². The molecule has 0 bridgehead atoms. The molecule has 1 aliphatic heterocycles. The number of amides is 1. The number of hydrogen-bond acceptors (Lipinski definition) is 4. The predicted molar refractivity (Wildman–Crippen MR) is 70.4 cm³/mol. The number of rotatable bonds is 4. The predicted octanol–water partition coefficient (Wildman–Crippen LogP) is 0.422. The summed E-state index contributed by atoms with van der Waals surface area (Å²) in [4.78, 5) is 15.4. The molecule has 0 saturated carbocycles. The van der Waals surface area contributed by atoms with Crippen LogP contribution in [0.1, 0.15) is 0 Å². The molecule has 0 spiro atoms. The number of nitrogen functional groups attached to an aromatic ring is 1. The van der Waals surface area contributed by atoms with Crippen molar-refractivity contribution in [2.75, 3.05) is 45.6 Å². The minimum absolute atomic E-state index is 0.167. The molecule has 0 radical (unpaired) electrons. The quantitative estimate of drug-likeness (QED) is 0.786. The van der Waals surface area contributed by atoms with E-state index >= 15 is 0 Å². The Labute approximate surface area is 107 Å². The Morgan fingerprint density at radius 1 is 1.33 bits per heavy atom. The van der Waals surface area contributed by atoms with E-state index in [2.05, 4.69) is 4.90 Å². The first-order valence-corrected chi connectivity index (χ1v) is 6.10. The van der Waals surface area contributed by atoms with Crippen molar-refractivity contribution in [2.45, 2.75) is 0 Å². The van der Waals surface area contributed by atoms with E-state index in [4.69, 9.17) is 10.5 Å². The molecule has 0 atom stereocenters. The summed E-state index contributed by atoms with van der Waals surface area (Å²) in [5, 5.41) is 0. The first-order chi connectivity index (χ1) is 8.66. The van der Waals surface area contributed by atoms with Gasteiger partial charge in [-0.3, -0.25) is 9.69 Å². The second-order valence-corrected chi connectivity index (χ2v) is 4.48. The van der Waals surface area contributed by atoms with Crippen LogP contribution in [0.3, 0.4) is 0 Å². The Hall–Kier alpha value is -1.75. The molecule has 0 aliphatic carbocycles. The lowest BCUT2D eigenvalue weighted by molar-refractivity contribution is -0.134. The fourth-order valence-corrected chi connectivity index (χ4v) is 1.89. The molecule has 1 amide bonds.